The average Bonchev–Trinajstić information content (AvgIpc) is 3.31. The lowest BCUT2D eigenvalue weighted by Crippen LogP contribution is -2.47. The molecule has 10 heteroatoms. The summed E-state index contributed by atoms with van der Waals surface area (Å²) in [6.07, 6.45) is 1.78. The Hall–Kier alpha value is -2.49. The highest BCUT2D eigenvalue weighted by Gasteiger charge is 2.43. The van der Waals surface area contributed by atoms with Crippen LogP contribution in [-0.4, -0.2) is 57.3 Å². The van der Waals surface area contributed by atoms with E-state index in [9.17, 15) is 18.8 Å². The molecule has 1 aromatic carbocycles. The Morgan fingerprint density at radius 2 is 2.03 bits per heavy atom. The molecule has 0 bridgehead atoms. The number of halogens is 2. The van der Waals surface area contributed by atoms with Crippen LogP contribution < -0.4 is 0 Å². The number of aromatic nitrogens is 2. The number of ether oxygens (including phenoxy) is 2. The monoisotopic (exact) mass is 497 g/mol. The number of fused-ring (bicyclic) bond motifs is 1. The quantitative estimate of drug-likeness (QED) is 0.457. The highest BCUT2D eigenvalue weighted by Crippen LogP contribution is 2.29. The van der Waals surface area contributed by atoms with Crippen LogP contribution >= 0.6 is 15.9 Å². The number of carbonyl (C=O) groups is 3. The van der Waals surface area contributed by atoms with Crippen molar-refractivity contribution in [1.29, 1.82) is 0 Å². The van der Waals surface area contributed by atoms with Crippen LogP contribution in [-0.2, 0) is 19.1 Å². The van der Waals surface area contributed by atoms with Gasteiger partial charge < -0.3 is 9.47 Å². The Morgan fingerprint density at radius 1 is 1.32 bits per heavy atom. The number of carbonyl (C=O) groups excluding carboxylic acids is 3. The van der Waals surface area contributed by atoms with Gasteiger partial charge in [-0.25, -0.2) is 18.7 Å². The Labute approximate surface area is 187 Å². The van der Waals surface area contributed by atoms with Gasteiger partial charge in [0, 0.05) is 18.1 Å². The molecule has 0 aliphatic carbocycles. The van der Waals surface area contributed by atoms with Crippen molar-refractivity contribution in [3.63, 3.8) is 0 Å². The molecule has 1 amide bonds. The van der Waals surface area contributed by atoms with Crippen molar-refractivity contribution >= 4 is 44.7 Å². The number of likely N-dealkylation sites (tertiary alicyclic amines) is 1. The summed E-state index contributed by atoms with van der Waals surface area (Å²) in [5.74, 6) is -1.95. The number of hydrogen-bond donors (Lipinski definition) is 0. The van der Waals surface area contributed by atoms with Gasteiger partial charge in [0.25, 0.3) is 0 Å². The van der Waals surface area contributed by atoms with Gasteiger partial charge in [-0.3, -0.25) is 9.69 Å². The standard InChI is InChI=1S/C21H25BrFN3O5/c1-5-30-19(28)17(26-11-12-8-9-13(22)15(23)16(12)24-26)18(27)14-7-6-10-25(14)20(29)31-21(2,3)4/h8-9,11,14,17H,5-7,10H2,1-4H3/t14-,17+/m0/s1. The second-order valence-electron chi connectivity index (χ2n) is 8.30. The summed E-state index contributed by atoms with van der Waals surface area (Å²) in [5, 5.41) is 4.58. The molecule has 0 N–H and O–H groups in total. The molecule has 2 heterocycles. The zero-order chi connectivity index (χ0) is 22.9. The van der Waals surface area contributed by atoms with Gasteiger partial charge >= 0.3 is 12.1 Å². The lowest BCUT2D eigenvalue weighted by atomic mass is 10.0. The summed E-state index contributed by atoms with van der Waals surface area (Å²) >= 11 is 3.11. The number of Topliss-reactive ketones (excluding diaryl/α,β-unsaturated/α-hetero) is 1. The van der Waals surface area contributed by atoms with Gasteiger partial charge in [-0.15, -0.1) is 0 Å². The maximum atomic E-state index is 14.5. The first kappa shape index (κ1) is 23.2. The number of benzene rings is 1. The molecule has 0 spiro atoms. The smallest absolute Gasteiger partial charge is 0.410 e. The Balaban J connectivity index is 1.97. The lowest BCUT2D eigenvalue weighted by molar-refractivity contribution is -0.152. The molecule has 168 valence electrons. The van der Waals surface area contributed by atoms with Crippen molar-refractivity contribution in [2.75, 3.05) is 13.2 Å². The van der Waals surface area contributed by atoms with Crippen molar-refractivity contribution in [3.8, 4) is 0 Å². The molecule has 3 rings (SSSR count). The molecular weight excluding hydrogens is 473 g/mol. The van der Waals surface area contributed by atoms with Crippen molar-refractivity contribution in [1.82, 2.24) is 14.7 Å². The molecule has 31 heavy (non-hydrogen) atoms. The predicted octanol–water partition coefficient (Wildman–Crippen LogP) is 4.01. The van der Waals surface area contributed by atoms with Gasteiger partial charge in [-0.1, -0.05) is 0 Å². The molecule has 1 aliphatic heterocycles. The highest BCUT2D eigenvalue weighted by atomic mass is 79.9. The summed E-state index contributed by atoms with van der Waals surface area (Å²) in [7, 11) is 0. The summed E-state index contributed by atoms with van der Waals surface area (Å²) in [6.45, 7) is 7.23. The van der Waals surface area contributed by atoms with E-state index >= 15 is 0 Å². The fourth-order valence-corrected chi connectivity index (χ4v) is 3.86. The Bertz CT molecular complexity index is 1020. The van der Waals surface area contributed by atoms with Crippen LogP contribution in [0.3, 0.4) is 0 Å². The van der Waals surface area contributed by atoms with Gasteiger partial charge in [0.15, 0.2) is 11.6 Å². The summed E-state index contributed by atoms with van der Waals surface area (Å²) in [4.78, 5) is 40.1. The fourth-order valence-electron chi connectivity index (χ4n) is 3.54. The SMILES string of the molecule is CCOC(=O)[C@@H](C(=O)[C@@H]1CCCN1C(=O)OC(C)(C)C)n1cc2ccc(Br)c(F)c2n1. The van der Waals surface area contributed by atoms with Crippen LogP contribution in [0.15, 0.2) is 22.8 Å². The first-order chi connectivity index (χ1) is 14.5. The van der Waals surface area contributed by atoms with E-state index in [1.54, 1.807) is 33.8 Å². The molecule has 0 saturated carbocycles. The molecular formula is C21H25BrFN3O5. The second kappa shape index (κ2) is 8.94. The molecule has 1 saturated heterocycles. The first-order valence-electron chi connectivity index (χ1n) is 10.1. The molecule has 2 atom stereocenters. The number of rotatable bonds is 5. The predicted molar refractivity (Wildman–Crippen MR) is 114 cm³/mol. The van der Waals surface area contributed by atoms with Crippen LogP contribution in [0.25, 0.3) is 10.9 Å². The van der Waals surface area contributed by atoms with Gasteiger partial charge in [0.1, 0.15) is 11.1 Å². The van der Waals surface area contributed by atoms with Crippen LogP contribution in [0.4, 0.5) is 9.18 Å². The third-order valence-corrected chi connectivity index (χ3v) is 5.45. The number of amides is 1. The number of esters is 1. The summed E-state index contributed by atoms with van der Waals surface area (Å²) in [5.41, 5.74) is -0.704. The van der Waals surface area contributed by atoms with Gasteiger partial charge in [-0.05, 0) is 68.6 Å². The van der Waals surface area contributed by atoms with E-state index in [2.05, 4.69) is 21.0 Å². The molecule has 0 radical (unpaired) electrons. The Kier molecular flexibility index (Phi) is 6.68. The summed E-state index contributed by atoms with van der Waals surface area (Å²) < 4.78 is 26.3. The zero-order valence-electron chi connectivity index (χ0n) is 17.9. The van der Waals surface area contributed by atoms with Crippen molar-refractivity contribution in [2.24, 2.45) is 0 Å². The molecule has 8 nitrogen and oxygen atoms in total. The zero-order valence-corrected chi connectivity index (χ0v) is 19.4. The minimum Gasteiger partial charge on any atom is -0.464 e. The maximum absolute atomic E-state index is 14.5. The van der Waals surface area contributed by atoms with Crippen molar-refractivity contribution in [2.45, 2.75) is 58.2 Å². The minimum absolute atomic E-state index is 0.0203. The maximum Gasteiger partial charge on any atom is 0.410 e. The third kappa shape index (κ3) is 4.89. The van der Waals surface area contributed by atoms with Crippen LogP contribution in [0, 0.1) is 5.82 Å². The fraction of sp³-hybridized carbons (Fsp3) is 0.524. The van der Waals surface area contributed by atoms with E-state index < -0.39 is 41.3 Å². The van der Waals surface area contributed by atoms with E-state index in [0.717, 1.165) is 4.68 Å². The molecule has 0 unspecified atom stereocenters. The molecule has 1 aliphatic rings. The Morgan fingerprint density at radius 3 is 2.68 bits per heavy atom. The van der Waals surface area contributed by atoms with Gasteiger partial charge in [0.05, 0.1) is 17.1 Å². The average molecular weight is 498 g/mol. The van der Waals surface area contributed by atoms with Crippen LogP contribution in [0.2, 0.25) is 0 Å². The van der Waals surface area contributed by atoms with Crippen molar-refractivity contribution < 1.29 is 28.2 Å². The third-order valence-electron chi connectivity index (χ3n) is 4.84. The summed E-state index contributed by atoms with van der Waals surface area (Å²) in [6, 6.07) is 0.833. The number of hydrogen-bond acceptors (Lipinski definition) is 6. The normalized spacial score (nSPS) is 17.6. The molecule has 2 aromatic rings. The van der Waals surface area contributed by atoms with Crippen LogP contribution in [0.5, 0.6) is 0 Å². The minimum atomic E-state index is -1.45. The molecule has 1 aromatic heterocycles. The van der Waals surface area contributed by atoms with E-state index in [-0.39, 0.29) is 16.6 Å². The molecule has 1 fully saturated rings. The topological polar surface area (TPSA) is 90.7 Å². The van der Waals surface area contributed by atoms with Crippen molar-refractivity contribution in [3.05, 3.63) is 28.6 Å². The first-order valence-corrected chi connectivity index (χ1v) is 10.9. The van der Waals surface area contributed by atoms with E-state index in [1.807, 2.05) is 0 Å². The van der Waals surface area contributed by atoms with E-state index in [4.69, 9.17) is 9.47 Å². The second-order valence-corrected chi connectivity index (χ2v) is 9.15. The van der Waals surface area contributed by atoms with E-state index in [0.29, 0.717) is 24.8 Å². The largest absolute Gasteiger partial charge is 0.464 e. The van der Waals surface area contributed by atoms with Gasteiger partial charge in [-0.2, -0.15) is 5.10 Å². The van der Waals surface area contributed by atoms with E-state index in [1.165, 1.54) is 17.2 Å². The highest BCUT2D eigenvalue weighted by molar-refractivity contribution is 9.10. The number of ketones is 1. The van der Waals surface area contributed by atoms with Gasteiger partial charge in [0.2, 0.25) is 6.04 Å². The lowest BCUT2D eigenvalue weighted by Gasteiger charge is -2.29. The van der Waals surface area contributed by atoms with Crippen LogP contribution in [0.1, 0.15) is 46.6 Å². The number of nitrogens with zero attached hydrogens (tertiary/aromatic N) is 3.